The molecule has 0 aliphatic carbocycles. The minimum Gasteiger partial charge on any atom is -0.462 e. The van der Waals surface area contributed by atoms with Gasteiger partial charge in [0.2, 0.25) is 5.91 Å². The first-order valence-electron chi connectivity index (χ1n) is 5.79. The van der Waals surface area contributed by atoms with Crippen molar-refractivity contribution in [3.63, 3.8) is 0 Å². The van der Waals surface area contributed by atoms with Crippen molar-refractivity contribution in [3.05, 3.63) is 29.5 Å². The molecular weight excluding hydrogens is 286 g/mol. The standard InChI is InChI=1S/C12H13N3O2S.ClH/c16-11(8-4-13-5-8)14-6-9-7-18-12(15-9)10-2-1-3-17-10;/h1-3,7-8,13H,4-6H2,(H,14,16);1H. The molecule has 0 radical (unpaired) electrons. The highest BCUT2D eigenvalue weighted by molar-refractivity contribution is 7.13. The van der Waals surface area contributed by atoms with Crippen molar-refractivity contribution in [2.24, 2.45) is 5.92 Å². The van der Waals surface area contributed by atoms with Gasteiger partial charge in [0, 0.05) is 18.5 Å². The number of thiazole rings is 1. The van der Waals surface area contributed by atoms with Gasteiger partial charge in [0.1, 0.15) is 0 Å². The number of nitrogens with one attached hydrogen (secondary N) is 2. The third kappa shape index (κ3) is 3.15. The molecule has 19 heavy (non-hydrogen) atoms. The van der Waals surface area contributed by atoms with Gasteiger partial charge in [0.15, 0.2) is 10.8 Å². The van der Waals surface area contributed by atoms with Crippen LogP contribution in [-0.4, -0.2) is 24.0 Å². The van der Waals surface area contributed by atoms with Crippen LogP contribution in [0.2, 0.25) is 0 Å². The lowest BCUT2D eigenvalue weighted by atomic mass is 10.0. The summed E-state index contributed by atoms with van der Waals surface area (Å²) in [6, 6.07) is 3.71. The van der Waals surface area contributed by atoms with E-state index in [0.717, 1.165) is 29.6 Å². The second-order valence-corrected chi connectivity index (χ2v) is 5.05. The number of aromatic nitrogens is 1. The molecule has 0 spiro atoms. The maximum atomic E-state index is 11.6. The number of furan rings is 1. The Balaban J connectivity index is 0.00000133. The van der Waals surface area contributed by atoms with E-state index in [2.05, 4.69) is 15.6 Å². The van der Waals surface area contributed by atoms with Crippen LogP contribution in [0.3, 0.4) is 0 Å². The number of rotatable bonds is 4. The average Bonchev–Trinajstić information content (AvgIpc) is 2.94. The number of hydrogen-bond donors (Lipinski definition) is 2. The van der Waals surface area contributed by atoms with E-state index in [0.29, 0.717) is 6.54 Å². The first-order chi connectivity index (χ1) is 8.83. The van der Waals surface area contributed by atoms with Crippen LogP contribution in [0.15, 0.2) is 28.2 Å². The van der Waals surface area contributed by atoms with Crippen molar-refractivity contribution in [1.29, 1.82) is 0 Å². The number of hydrogen-bond acceptors (Lipinski definition) is 5. The van der Waals surface area contributed by atoms with Crippen LogP contribution < -0.4 is 10.6 Å². The summed E-state index contributed by atoms with van der Waals surface area (Å²) in [7, 11) is 0. The Morgan fingerprint density at radius 2 is 2.42 bits per heavy atom. The predicted octanol–water partition coefficient (Wildman–Crippen LogP) is 1.66. The molecule has 3 rings (SSSR count). The monoisotopic (exact) mass is 299 g/mol. The zero-order valence-corrected chi connectivity index (χ0v) is 11.7. The van der Waals surface area contributed by atoms with Gasteiger partial charge in [-0.3, -0.25) is 4.79 Å². The molecule has 2 aromatic heterocycles. The Hall–Kier alpha value is -1.37. The average molecular weight is 300 g/mol. The lowest BCUT2D eigenvalue weighted by Gasteiger charge is -2.25. The number of carbonyl (C=O) groups excluding carboxylic acids is 1. The summed E-state index contributed by atoms with van der Waals surface area (Å²) in [6.07, 6.45) is 1.63. The van der Waals surface area contributed by atoms with E-state index in [-0.39, 0.29) is 24.2 Å². The van der Waals surface area contributed by atoms with E-state index < -0.39 is 0 Å². The number of carbonyl (C=O) groups is 1. The molecule has 0 saturated carbocycles. The van der Waals surface area contributed by atoms with E-state index in [1.807, 2.05) is 17.5 Å². The Morgan fingerprint density at radius 1 is 1.58 bits per heavy atom. The Kier molecular flexibility index (Phi) is 4.57. The van der Waals surface area contributed by atoms with Crippen molar-refractivity contribution >= 4 is 29.7 Å². The summed E-state index contributed by atoms with van der Waals surface area (Å²) in [6.45, 7) is 2.04. The first kappa shape index (κ1) is 14.0. The molecule has 0 unspecified atom stereocenters. The largest absolute Gasteiger partial charge is 0.462 e. The van der Waals surface area contributed by atoms with Gasteiger partial charge in [-0.1, -0.05) is 0 Å². The molecule has 102 valence electrons. The zero-order valence-electron chi connectivity index (χ0n) is 10.1. The molecule has 2 aromatic rings. The van der Waals surface area contributed by atoms with Crippen molar-refractivity contribution in [2.45, 2.75) is 6.54 Å². The van der Waals surface area contributed by atoms with Crippen molar-refractivity contribution in [3.8, 4) is 10.8 Å². The fourth-order valence-electron chi connectivity index (χ4n) is 1.70. The van der Waals surface area contributed by atoms with Gasteiger partial charge in [-0.05, 0) is 12.1 Å². The highest BCUT2D eigenvalue weighted by atomic mass is 35.5. The van der Waals surface area contributed by atoms with Crippen molar-refractivity contribution in [1.82, 2.24) is 15.6 Å². The lowest BCUT2D eigenvalue weighted by molar-refractivity contribution is -0.126. The van der Waals surface area contributed by atoms with E-state index in [9.17, 15) is 4.79 Å². The van der Waals surface area contributed by atoms with Crippen LogP contribution in [0, 0.1) is 5.92 Å². The minimum atomic E-state index is 0. The van der Waals surface area contributed by atoms with E-state index in [1.165, 1.54) is 11.3 Å². The van der Waals surface area contributed by atoms with Crippen LogP contribution in [0.25, 0.3) is 10.8 Å². The van der Waals surface area contributed by atoms with Gasteiger partial charge in [-0.2, -0.15) is 0 Å². The third-order valence-corrected chi connectivity index (χ3v) is 3.79. The number of nitrogens with zero attached hydrogens (tertiary/aromatic N) is 1. The number of amides is 1. The van der Waals surface area contributed by atoms with E-state index in [4.69, 9.17) is 4.42 Å². The Morgan fingerprint density at radius 3 is 3.05 bits per heavy atom. The van der Waals surface area contributed by atoms with Gasteiger partial charge in [-0.25, -0.2) is 4.98 Å². The molecule has 0 atom stereocenters. The smallest absolute Gasteiger partial charge is 0.226 e. The molecule has 1 saturated heterocycles. The molecule has 7 heteroatoms. The molecular formula is C12H14ClN3O2S. The fraction of sp³-hybridized carbons (Fsp3) is 0.333. The maximum Gasteiger partial charge on any atom is 0.226 e. The predicted molar refractivity (Wildman–Crippen MR) is 75.3 cm³/mol. The molecule has 5 nitrogen and oxygen atoms in total. The second-order valence-electron chi connectivity index (χ2n) is 4.19. The first-order valence-corrected chi connectivity index (χ1v) is 6.67. The fourth-order valence-corrected chi connectivity index (χ4v) is 2.48. The van der Waals surface area contributed by atoms with E-state index in [1.54, 1.807) is 6.26 Å². The third-order valence-electron chi connectivity index (χ3n) is 2.88. The second kappa shape index (κ2) is 6.18. The molecule has 1 amide bonds. The molecule has 0 bridgehead atoms. The summed E-state index contributed by atoms with van der Waals surface area (Å²) >= 11 is 1.52. The Bertz CT molecular complexity index is 537. The summed E-state index contributed by atoms with van der Waals surface area (Å²) in [5.74, 6) is 0.982. The minimum absolute atomic E-state index is 0. The molecule has 1 aliphatic heterocycles. The van der Waals surface area contributed by atoms with Crippen molar-refractivity contribution < 1.29 is 9.21 Å². The van der Waals surface area contributed by atoms with Crippen LogP contribution in [0.5, 0.6) is 0 Å². The molecule has 3 heterocycles. The summed E-state index contributed by atoms with van der Waals surface area (Å²) < 4.78 is 5.28. The highest BCUT2D eigenvalue weighted by Crippen LogP contribution is 2.23. The van der Waals surface area contributed by atoms with Gasteiger partial charge < -0.3 is 15.1 Å². The van der Waals surface area contributed by atoms with Crippen LogP contribution in [0.1, 0.15) is 5.69 Å². The summed E-state index contributed by atoms with van der Waals surface area (Å²) in [4.78, 5) is 16.1. The van der Waals surface area contributed by atoms with Crippen molar-refractivity contribution in [2.75, 3.05) is 13.1 Å². The maximum absolute atomic E-state index is 11.6. The Labute approximate surface area is 120 Å². The van der Waals surface area contributed by atoms with Gasteiger partial charge in [-0.15, -0.1) is 23.7 Å². The zero-order chi connectivity index (χ0) is 12.4. The van der Waals surface area contributed by atoms with E-state index >= 15 is 0 Å². The van der Waals surface area contributed by atoms with Gasteiger partial charge >= 0.3 is 0 Å². The summed E-state index contributed by atoms with van der Waals surface area (Å²) in [5, 5.41) is 8.75. The lowest BCUT2D eigenvalue weighted by Crippen LogP contribution is -2.50. The molecule has 1 aliphatic rings. The normalized spacial score (nSPS) is 14.5. The summed E-state index contributed by atoms with van der Waals surface area (Å²) in [5.41, 5.74) is 0.868. The van der Waals surface area contributed by atoms with Crippen LogP contribution in [0.4, 0.5) is 0 Å². The van der Waals surface area contributed by atoms with Gasteiger partial charge in [0.05, 0.1) is 24.4 Å². The molecule has 1 fully saturated rings. The quantitative estimate of drug-likeness (QED) is 0.901. The van der Waals surface area contributed by atoms with Crippen LogP contribution >= 0.6 is 23.7 Å². The number of halogens is 1. The topological polar surface area (TPSA) is 67.2 Å². The van der Waals surface area contributed by atoms with Crippen LogP contribution in [-0.2, 0) is 11.3 Å². The molecule has 2 N–H and O–H groups in total. The SMILES string of the molecule is Cl.O=C(NCc1csc(-c2ccco2)n1)C1CNC1. The van der Waals surface area contributed by atoms with Gasteiger partial charge in [0.25, 0.3) is 0 Å². The molecule has 0 aromatic carbocycles. The highest BCUT2D eigenvalue weighted by Gasteiger charge is 2.24.